The summed E-state index contributed by atoms with van der Waals surface area (Å²) in [7, 11) is 0. The summed E-state index contributed by atoms with van der Waals surface area (Å²) in [5, 5.41) is 1.17. The molecule has 6 rings (SSSR count). The fourth-order valence-electron chi connectivity index (χ4n) is 4.43. The monoisotopic (exact) mass is 536 g/mol. The Balaban J connectivity index is 1.33. The minimum absolute atomic E-state index is 0.173. The van der Waals surface area contributed by atoms with Crippen molar-refractivity contribution in [1.82, 2.24) is 0 Å². The number of hydrogen-bond donors (Lipinski definition) is 0. The van der Waals surface area contributed by atoms with Gasteiger partial charge in [0, 0.05) is 22.0 Å². The largest absolute Gasteiger partial charge is 0.494 e. The van der Waals surface area contributed by atoms with Crippen LogP contribution in [0.15, 0.2) is 101 Å². The normalized spacial score (nSPS) is 13.4. The van der Waals surface area contributed by atoms with Crippen molar-refractivity contribution in [3.05, 3.63) is 118 Å². The van der Waals surface area contributed by atoms with Crippen LogP contribution in [0.1, 0.15) is 33.2 Å². The molecule has 0 saturated carbocycles. The minimum Gasteiger partial charge on any atom is -0.494 e. The van der Waals surface area contributed by atoms with Crippen LogP contribution in [0.4, 0.5) is 0 Å². The van der Waals surface area contributed by atoms with Gasteiger partial charge in [0.2, 0.25) is 5.78 Å². The number of esters is 1. The molecule has 39 heavy (non-hydrogen) atoms. The average Bonchev–Trinajstić information content (AvgIpc) is 3.47. The van der Waals surface area contributed by atoms with Crippen LogP contribution in [-0.2, 0) is 0 Å². The molecule has 5 aromatic rings. The molecule has 0 aliphatic carbocycles. The van der Waals surface area contributed by atoms with Gasteiger partial charge in [0.1, 0.15) is 34.2 Å². The van der Waals surface area contributed by atoms with E-state index in [1.54, 1.807) is 60.7 Å². The Morgan fingerprint density at radius 1 is 0.923 bits per heavy atom. The van der Waals surface area contributed by atoms with Gasteiger partial charge in [-0.15, -0.1) is 0 Å². The summed E-state index contributed by atoms with van der Waals surface area (Å²) in [6.07, 6.45) is 1.64. The summed E-state index contributed by atoms with van der Waals surface area (Å²) >= 11 is 5.95. The fraction of sp³-hybridized carbons (Fsp3) is 0.0625. The lowest BCUT2D eigenvalue weighted by Crippen LogP contribution is -2.09. The Hall–Kier alpha value is -4.81. The van der Waals surface area contributed by atoms with Crippen LogP contribution in [-0.4, -0.2) is 18.4 Å². The quantitative estimate of drug-likeness (QED) is 0.124. The highest BCUT2D eigenvalue weighted by Gasteiger charge is 2.29. The zero-order chi connectivity index (χ0) is 26.9. The summed E-state index contributed by atoms with van der Waals surface area (Å²) in [4.78, 5) is 26.5. The highest BCUT2D eigenvalue weighted by molar-refractivity contribution is 6.30. The van der Waals surface area contributed by atoms with E-state index in [9.17, 15) is 9.59 Å². The Labute approximate surface area is 229 Å². The molecule has 1 aliphatic heterocycles. The highest BCUT2D eigenvalue weighted by Crippen LogP contribution is 2.38. The second kappa shape index (κ2) is 10.2. The number of allylic oxidation sites excluding steroid dienone is 1. The number of ether oxygens (including phenoxy) is 3. The highest BCUT2D eigenvalue weighted by atomic mass is 35.5. The van der Waals surface area contributed by atoms with Gasteiger partial charge in [0.25, 0.3) is 0 Å². The van der Waals surface area contributed by atoms with Crippen LogP contribution < -0.4 is 14.2 Å². The van der Waals surface area contributed by atoms with Crippen LogP contribution in [0.5, 0.6) is 17.2 Å². The lowest BCUT2D eigenvalue weighted by molar-refractivity contribution is 0.0736. The van der Waals surface area contributed by atoms with Gasteiger partial charge >= 0.3 is 5.97 Å². The predicted molar refractivity (Wildman–Crippen MR) is 149 cm³/mol. The number of fused-ring (bicyclic) bond motifs is 2. The van der Waals surface area contributed by atoms with Gasteiger partial charge < -0.3 is 18.6 Å². The molecule has 4 aromatic carbocycles. The molecule has 0 saturated heterocycles. The van der Waals surface area contributed by atoms with Crippen molar-refractivity contribution in [2.75, 3.05) is 6.61 Å². The number of hydrogen-bond acceptors (Lipinski definition) is 6. The SMILES string of the molecule is CCOc1ccc2oc(-c3ccccc3)c(C(=O)Oc3ccc4c(c3)O/C(=C\c3ccc(Cl)cc3)C4=O)c2c1. The van der Waals surface area contributed by atoms with E-state index in [1.165, 1.54) is 6.07 Å². The number of Topliss-reactive ketones (excluding diaryl/α,β-unsaturated/α-hetero) is 1. The van der Waals surface area contributed by atoms with E-state index in [4.69, 9.17) is 30.2 Å². The summed E-state index contributed by atoms with van der Waals surface area (Å²) in [5.41, 5.74) is 2.70. The smallest absolute Gasteiger partial charge is 0.348 e. The third-order valence-corrected chi connectivity index (χ3v) is 6.48. The molecule has 0 fully saturated rings. The van der Waals surface area contributed by atoms with Crippen LogP contribution in [0, 0.1) is 0 Å². The topological polar surface area (TPSA) is 75.0 Å². The molecule has 0 radical (unpaired) electrons. The molecule has 7 heteroatoms. The second-order valence-corrected chi connectivity index (χ2v) is 9.24. The van der Waals surface area contributed by atoms with Crippen LogP contribution in [0.2, 0.25) is 5.02 Å². The first-order chi connectivity index (χ1) is 19.0. The zero-order valence-electron chi connectivity index (χ0n) is 20.8. The Kier molecular flexibility index (Phi) is 6.39. The van der Waals surface area contributed by atoms with Crippen molar-refractivity contribution < 1.29 is 28.2 Å². The van der Waals surface area contributed by atoms with Crippen molar-refractivity contribution in [3.63, 3.8) is 0 Å². The van der Waals surface area contributed by atoms with Crippen molar-refractivity contribution in [2.45, 2.75) is 6.92 Å². The molecule has 0 amide bonds. The minimum atomic E-state index is -0.609. The van der Waals surface area contributed by atoms with Crippen LogP contribution in [0.25, 0.3) is 28.4 Å². The lowest BCUT2D eigenvalue weighted by Gasteiger charge is -2.07. The van der Waals surface area contributed by atoms with Gasteiger partial charge in [-0.2, -0.15) is 0 Å². The maximum atomic E-state index is 13.6. The van der Waals surface area contributed by atoms with Gasteiger partial charge in [-0.05, 0) is 61.0 Å². The molecule has 0 unspecified atom stereocenters. The van der Waals surface area contributed by atoms with Gasteiger partial charge in [0.05, 0.1) is 12.2 Å². The molecule has 0 bridgehead atoms. The third kappa shape index (κ3) is 4.78. The summed E-state index contributed by atoms with van der Waals surface area (Å²) in [5.74, 6) is 0.856. The molecule has 0 spiro atoms. The number of halogens is 1. The Bertz CT molecular complexity index is 1750. The molecule has 0 atom stereocenters. The van der Waals surface area contributed by atoms with E-state index < -0.39 is 5.97 Å². The number of carbonyl (C=O) groups excluding carboxylic acids is 2. The van der Waals surface area contributed by atoms with Crippen LogP contribution in [0.3, 0.4) is 0 Å². The zero-order valence-corrected chi connectivity index (χ0v) is 21.5. The fourth-order valence-corrected chi connectivity index (χ4v) is 4.55. The predicted octanol–water partition coefficient (Wildman–Crippen LogP) is 7.99. The number of ketones is 1. The van der Waals surface area contributed by atoms with E-state index in [2.05, 4.69) is 0 Å². The number of carbonyl (C=O) groups is 2. The standard InChI is InChI=1S/C32H21ClO6/c1-2-36-22-13-15-26-25(17-22)29(31(39-26)20-6-4-3-5-7-20)32(35)37-23-12-14-24-27(18-23)38-28(30(24)34)16-19-8-10-21(33)11-9-19/h3-18H,2H2,1H3/b28-16-. The van der Waals surface area contributed by atoms with Crippen molar-refractivity contribution >= 4 is 40.4 Å². The van der Waals surface area contributed by atoms with Crippen molar-refractivity contribution in [2.24, 2.45) is 0 Å². The Morgan fingerprint density at radius 2 is 1.69 bits per heavy atom. The molecule has 1 aromatic heterocycles. The van der Waals surface area contributed by atoms with Gasteiger partial charge in [-0.25, -0.2) is 4.79 Å². The van der Waals surface area contributed by atoms with Crippen molar-refractivity contribution in [3.8, 4) is 28.6 Å². The maximum Gasteiger partial charge on any atom is 0.348 e. The third-order valence-electron chi connectivity index (χ3n) is 6.23. The average molecular weight is 537 g/mol. The number of rotatable bonds is 6. The first-order valence-corrected chi connectivity index (χ1v) is 12.7. The van der Waals surface area contributed by atoms with E-state index in [-0.39, 0.29) is 22.9 Å². The molecular formula is C32H21ClO6. The maximum absolute atomic E-state index is 13.6. The summed E-state index contributed by atoms with van der Waals surface area (Å²) < 4.78 is 23.4. The van der Waals surface area contributed by atoms with Crippen LogP contribution >= 0.6 is 11.6 Å². The van der Waals surface area contributed by atoms with Crippen molar-refractivity contribution in [1.29, 1.82) is 0 Å². The van der Waals surface area contributed by atoms with E-state index in [0.717, 1.165) is 11.1 Å². The van der Waals surface area contributed by atoms with E-state index in [1.807, 2.05) is 37.3 Å². The first kappa shape index (κ1) is 24.5. The van der Waals surface area contributed by atoms with Gasteiger partial charge in [-0.3, -0.25) is 4.79 Å². The van der Waals surface area contributed by atoms with E-state index >= 15 is 0 Å². The Morgan fingerprint density at radius 3 is 2.46 bits per heavy atom. The molecule has 2 heterocycles. The van der Waals surface area contributed by atoms with Gasteiger partial charge in [-0.1, -0.05) is 54.1 Å². The number of benzene rings is 4. The molecule has 192 valence electrons. The van der Waals surface area contributed by atoms with E-state index in [0.29, 0.717) is 45.4 Å². The number of furan rings is 1. The molecule has 0 N–H and O–H groups in total. The van der Waals surface area contributed by atoms with Gasteiger partial charge in [0.15, 0.2) is 5.76 Å². The molecule has 1 aliphatic rings. The summed E-state index contributed by atoms with van der Waals surface area (Å²) in [6.45, 7) is 2.37. The first-order valence-electron chi connectivity index (χ1n) is 12.3. The molecular weight excluding hydrogens is 516 g/mol. The lowest BCUT2D eigenvalue weighted by atomic mass is 10.1. The second-order valence-electron chi connectivity index (χ2n) is 8.80. The molecule has 6 nitrogen and oxygen atoms in total. The summed E-state index contributed by atoms with van der Waals surface area (Å²) in [6, 6.07) is 26.4.